The molecular formula is C17H29FIN3O2. The van der Waals surface area contributed by atoms with Gasteiger partial charge in [0.25, 0.3) is 0 Å². The fourth-order valence-corrected chi connectivity index (χ4v) is 1.68. The number of benzene rings is 1. The summed E-state index contributed by atoms with van der Waals surface area (Å²) < 4.78 is 23.7. The van der Waals surface area contributed by atoms with Gasteiger partial charge in [-0.25, -0.2) is 4.39 Å². The first-order valence-electron chi connectivity index (χ1n) is 7.92. The Labute approximate surface area is 161 Å². The summed E-state index contributed by atoms with van der Waals surface area (Å²) in [6.07, 6.45) is 0.815. The van der Waals surface area contributed by atoms with Crippen LogP contribution in [0.3, 0.4) is 0 Å². The summed E-state index contributed by atoms with van der Waals surface area (Å²) in [7, 11) is 1.68. The fourth-order valence-electron chi connectivity index (χ4n) is 1.68. The van der Waals surface area contributed by atoms with E-state index in [9.17, 15) is 4.39 Å². The number of halogens is 2. The van der Waals surface area contributed by atoms with Crippen molar-refractivity contribution in [2.75, 3.05) is 33.4 Å². The minimum atomic E-state index is -0.284. The standard InChI is InChI=1S/C17H28FN3O2.HI/c1-5-19-16(21-13-17(2,3)22-4)20-11-6-12-23-15-9-7-14(18)8-10-15;/h7-10H,5-6,11-13H2,1-4H3,(H2,19,20,21);1H. The molecule has 0 aliphatic rings. The van der Waals surface area contributed by atoms with E-state index < -0.39 is 0 Å². The van der Waals surface area contributed by atoms with Crippen molar-refractivity contribution in [3.63, 3.8) is 0 Å². The molecule has 0 heterocycles. The number of guanidine groups is 1. The van der Waals surface area contributed by atoms with Crippen molar-refractivity contribution in [1.82, 2.24) is 10.6 Å². The average Bonchev–Trinajstić information content (AvgIpc) is 2.54. The predicted molar refractivity (Wildman–Crippen MR) is 107 cm³/mol. The minimum Gasteiger partial charge on any atom is -0.494 e. The topological polar surface area (TPSA) is 54.9 Å². The second-order valence-corrected chi connectivity index (χ2v) is 5.74. The lowest BCUT2D eigenvalue weighted by atomic mass is 10.1. The number of hydrogen-bond acceptors (Lipinski definition) is 3. The molecular weight excluding hydrogens is 424 g/mol. The van der Waals surface area contributed by atoms with Crippen molar-refractivity contribution in [2.45, 2.75) is 32.8 Å². The third kappa shape index (κ3) is 9.92. The van der Waals surface area contributed by atoms with E-state index >= 15 is 0 Å². The third-order valence-electron chi connectivity index (χ3n) is 3.21. The molecule has 24 heavy (non-hydrogen) atoms. The maximum Gasteiger partial charge on any atom is 0.191 e. The van der Waals surface area contributed by atoms with Gasteiger partial charge in [0.2, 0.25) is 0 Å². The molecule has 0 unspecified atom stereocenters. The number of rotatable bonds is 9. The van der Waals surface area contributed by atoms with E-state index in [1.165, 1.54) is 12.1 Å². The lowest BCUT2D eigenvalue weighted by Gasteiger charge is -2.21. The molecule has 0 spiro atoms. The molecule has 2 N–H and O–H groups in total. The molecule has 138 valence electrons. The molecule has 1 aromatic rings. The van der Waals surface area contributed by atoms with Crippen molar-refractivity contribution in [3.05, 3.63) is 30.1 Å². The monoisotopic (exact) mass is 453 g/mol. The van der Waals surface area contributed by atoms with Crippen molar-refractivity contribution < 1.29 is 13.9 Å². The van der Waals surface area contributed by atoms with Crippen molar-refractivity contribution in [1.29, 1.82) is 0 Å². The SMILES string of the molecule is CCNC(=NCC(C)(C)OC)NCCCOc1ccc(F)cc1.I. The Morgan fingerprint density at radius 2 is 1.88 bits per heavy atom. The van der Waals surface area contributed by atoms with Crippen LogP contribution in [0.25, 0.3) is 0 Å². The first-order chi connectivity index (χ1) is 11.0. The lowest BCUT2D eigenvalue weighted by molar-refractivity contribution is 0.0310. The fraction of sp³-hybridized carbons (Fsp3) is 0.588. The molecule has 0 aliphatic heterocycles. The van der Waals surface area contributed by atoms with Crippen LogP contribution < -0.4 is 15.4 Å². The third-order valence-corrected chi connectivity index (χ3v) is 3.21. The van der Waals surface area contributed by atoms with Crippen LogP contribution >= 0.6 is 24.0 Å². The molecule has 0 saturated heterocycles. The summed E-state index contributed by atoms with van der Waals surface area (Å²) in [6.45, 7) is 8.68. The first-order valence-corrected chi connectivity index (χ1v) is 7.92. The smallest absolute Gasteiger partial charge is 0.191 e. The zero-order valence-corrected chi connectivity index (χ0v) is 17.2. The number of nitrogens with one attached hydrogen (secondary N) is 2. The second kappa shape index (κ2) is 12.3. The van der Waals surface area contributed by atoms with Crippen LogP contribution in [-0.2, 0) is 4.74 Å². The van der Waals surface area contributed by atoms with Crippen molar-refractivity contribution >= 4 is 29.9 Å². The zero-order chi connectivity index (χ0) is 17.1. The molecule has 7 heteroatoms. The Bertz CT molecular complexity index is 481. The number of nitrogens with zero attached hydrogens (tertiary/aromatic N) is 1. The van der Waals surface area contributed by atoms with Crippen LogP contribution in [0.2, 0.25) is 0 Å². The maximum atomic E-state index is 12.8. The van der Waals surface area contributed by atoms with Gasteiger partial charge in [0.05, 0.1) is 18.8 Å². The highest BCUT2D eigenvalue weighted by Crippen LogP contribution is 2.11. The second-order valence-electron chi connectivity index (χ2n) is 5.74. The minimum absolute atomic E-state index is 0. The van der Waals surface area contributed by atoms with E-state index in [2.05, 4.69) is 15.6 Å². The first kappa shape index (κ1) is 22.9. The Balaban J connectivity index is 0.00000529. The molecule has 0 bridgehead atoms. The van der Waals surface area contributed by atoms with Gasteiger partial charge in [-0.05, 0) is 51.5 Å². The summed E-state index contributed by atoms with van der Waals surface area (Å²) >= 11 is 0. The highest BCUT2D eigenvalue weighted by molar-refractivity contribution is 14.0. The molecule has 0 amide bonds. The Morgan fingerprint density at radius 1 is 1.21 bits per heavy atom. The van der Waals surface area contributed by atoms with Crippen LogP contribution in [0.4, 0.5) is 4.39 Å². The lowest BCUT2D eigenvalue weighted by Crippen LogP contribution is -2.39. The van der Waals surface area contributed by atoms with E-state index in [-0.39, 0.29) is 35.4 Å². The Kier molecular flexibility index (Phi) is 11.7. The highest BCUT2D eigenvalue weighted by atomic mass is 127. The summed E-state index contributed by atoms with van der Waals surface area (Å²) in [5.74, 6) is 1.18. The molecule has 0 aliphatic carbocycles. The molecule has 0 radical (unpaired) electrons. The molecule has 1 rings (SSSR count). The summed E-state index contributed by atoms with van der Waals surface area (Å²) in [5, 5.41) is 6.45. The summed E-state index contributed by atoms with van der Waals surface area (Å²) in [6, 6.07) is 6.03. The van der Waals surface area contributed by atoms with Gasteiger partial charge in [0.15, 0.2) is 5.96 Å². The van der Waals surface area contributed by atoms with Crippen LogP contribution in [0, 0.1) is 5.82 Å². The Morgan fingerprint density at radius 3 is 2.46 bits per heavy atom. The Hall–Kier alpha value is -1.09. The van der Waals surface area contributed by atoms with Crippen molar-refractivity contribution in [3.8, 4) is 5.75 Å². The van der Waals surface area contributed by atoms with E-state index in [0.29, 0.717) is 18.9 Å². The van der Waals surface area contributed by atoms with Crippen LogP contribution in [0.5, 0.6) is 5.75 Å². The molecule has 1 aromatic carbocycles. The predicted octanol–water partition coefficient (Wildman–Crippen LogP) is 3.19. The number of methoxy groups -OCH3 is 1. The van der Waals surface area contributed by atoms with Gasteiger partial charge in [0, 0.05) is 20.2 Å². The van der Waals surface area contributed by atoms with Crippen LogP contribution in [0.15, 0.2) is 29.3 Å². The summed E-state index contributed by atoms with van der Waals surface area (Å²) in [5.41, 5.74) is -0.284. The normalized spacial score (nSPS) is 11.6. The molecule has 0 saturated carbocycles. The van der Waals surface area contributed by atoms with Gasteiger partial charge < -0.3 is 20.1 Å². The largest absolute Gasteiger partial charge is 0.494 e. The van der Waals surface area contributed by atoms with Crippen LogP contribution in [0.1, 0.15) is 27.2 Å². The average molecular weight is 453 g/mol. The van der Waals surface area contributed by atoms with E-state index in [1.807, 2.05) is 20.8 Å². The summed E-state index contributed by atoms with van der Waals surface area (Å²) in [4.78, 5) is 4.51. The zero-order valence-electron chi connectivity index (χ0n) is 14.9. The molecule has 0 atom stereocenters. The van der Waals surface area contributed by atoms with E-state index in [0.717, 1.165) is 25.5 Å². The number of ether oxygens (including phenoxy) is 2. The number of aliphatic imine (C=N–C) groups is 1. The maximum absolute atomic E-state index is 12.8. The van der Waals surface area contributed by atoms with Gasteiger partial charge in [0.1, 0.15) is 11.6 Å². The van der Waals surface area contributed by atoms with Crippen molar-refractivity contribution in [2.24, 2.45) is 4.99 Å². The van der Waals surface area contributed by atoms with Gasteiger partial charge in [-0.3, -0.25) is 4.99 Å². The van der Waals surface area contributed by atoms with Crippen LogP contribution in [-0.4, -0.2) is 44.9 Å². The quantitative estimate of drug-likeness (QED) is 0.261. The van der Waals surface area contributed by atoms with E-state index in [4.69, 9.17) is 9.47 Å². The van der Waals surface area contributed by atoms with E-state index in [1.54, 1.807) is 19.2 Å². The molecule has 5 nitrogen and oxygen atoms in total. The number of hydrogen-bond donors (Lipinski definition) is 2. The highest BCUT2D eigenvalue weighted by Gasteiger charge is 2.15. The van der Waals surface area contributed by atoms with Gasteiger partial charge >= 0.3 is 0 Å². The van der Waals surface area contributed by atoms with Gasteiger partial charge in [-0.1, -0.05) is 0 Å². The molecule has 0 aromatic heterocycles. The van der Waals surface area contributed by atoms with Gasteiger partial charge in [-0.2, -0.15) is 0 Å². The molecule has 0 fully saturated rings. The van der Waals surface area contributed by atoms with Gasteiger partial charge in [-0.15, -0.1) is 24.0 Å².